The molecular weight excluding hydrogens is 445 g/mol. The highest BCUT2D eigenvalue weighted by Crippen LogP contribution is 2.55. The van der Waals surface area contributed by atoms with E-state index < -0.39 is 11.7 Å². The van der Waals surface area contributed by atoms with Crippen LogP contribution in [-0.4, -0.2) is 49.9 Å². The van der Waals surface area contributed by atoms with Crippen LogP contribution in [0, 0.1) is 12.3 Å². The minimum absolute atomic E-state index is 0.0984. The molecule has 1 aliphatic carbocycles. The van der Waals surface area contributed by atoms with Crippen LogP contribution in [0.1, 0.15) is 47.2 Å². The van der Waals surface area contributed by atoms with Crippen molar-refractivity contribution in [3.8, 4) is 5.69 Å². The third-order valence-corrected chi connectivity index (χ3v) is 6.84. The van der Waals surface area contributed by atoms with Crippen LogP contribution in [0.4, 0.5) is 19.0 Å². The molecule has 1 saturated carbocycles. The summed E-state index contributed by atoms with van der Waals surface area (Å²) in [7, 11) is 0. The molecule has 3 aromatic rings. The van der Waals surface area contributed by atoms with Crippen LogP contribution in [0.3, 0.4) is 0 Å². The van der Waals surface area contributed by atoms with Crippen LogP contribution in [0.2, 0.25) is 0 Å². The summed E-state index contributed by atoms with van der Waals surface area (Å²) in [5.74, 6) is 0.256. The van der Waals surface area contributed by atoms with Crippen molar-refractivity contribution in [2.45, 2.75) is 44.8 Å². The number of hydrogen-bond donors (Lipinski definition) is 1. The smallest absolute Gasteiger partial charge is 0.368 e. The number of nitrogens with one attached hydrogen (secondary N) is 1. The maximum absolute atomic E-state index is 13.8. The summed E-state index contributed by atoms with van der Waals surface area (Å²) in [6, 6.07) is 7.84. The highest BCUT2D eigenvalue weighted by Gasteiger charge is 2.49. The van der Waals surface area contributed by atoms with Gasteiger partial charge in [0.1, 0.15) is 5.82 Å². The van der Waals surface area contributed by atoms with E-state index in [0.717, 1.165) is 43.5 Å². The van der Waals surface area contributed by atoms with Crippen molar-refractivity contribution in [2.24, 2.45) is 5.41 Å². The van der Waals surface area contributed by atoms with Gasteiger partial charge in [0.05, 0.1) is 29.2 Å². The normalized spacial score (nSPS) is 19.3. The number of anilines is 1. The van der Waals surface area contributed by atoms with Crippen molar-refractivity contribution in [1.29, 1.82) is 0 Å². The van der Waals surface area contributed by atoms with E-state index in [-0.39, 0.29) is 17.4 Å². The Kier molecular flexibility index (Phi) is 5.53. The number of carbonyl (C=O) groups excluding carboxylic acids is 1. The molecule has 1 N–H and O–H groups in total. The summed E-state index contributed by atoms with van der Waals surface area (Å²) in [4.78, 5) is 21.0. The van der Waals surface area contributed by atoms with E-state index in [2.05, 4.69) is 20.5 Å². The molecule has 10 heteroatoms. The minimum Gasteiger partial charge on any atom is -0.368 e. The number of hydrogen-bond acceptors (Lipinski definition) is 5. The number of rotatable bonds is 5. The first kappa shape index (κ1) is 22.4. The number of pyridine rings is 1. The highest BCUT2D eigenvalue weighted by atomic mass is 19.4. The second-order valence-electron chi connectivity index (χ2n) is 9.26. The Labute approximate surface area is 195 Å². The van der Waals surface area contributed by atoms with Gasteiger partial charge in [-0.2, -0.15) is 28.2 Å². The molecule has 1 atom stereocenters. The molecule has 178 valence electrons. The lowest BCUT2D eigenvalue weighted by Crippen LogP contribution is -2.50. The molecule has 1 saturated heterocycles. The van der Waals surface area contributed by atoms with Crippen LogP contribution in [0.15, 0.2) is 48.9 Å². The number of alkyl halides is 3. The summed E-state index contributed by atoms with van der Waals surface area (Å²) in [6.07, 6.45) is 3.64. The molecule has 5 rings (SSSR count). The van der Waals surface area contributed by atoms with E-state index >= 15 is 0 Å². The molecule has 1 spiro atoms. The second kappa shape index (κ2) is 8.41. The van der Waals surface area contributed by atoms with Crippen LogP contribution >= 0.6 is 0 Å². The number of nitrogens with zero attached hydrogens (tertiary/aromatic N) is 5. The summed E-state index contributed by atoms with van der Waals surface area (Å²) >= 11 is 0. The second-order valence-corrected chi connectivity index (χ2v) is 9.26. The van der Waals surface area contributed by atoms with E-state index in [4.69, 9.17) is 0 Å². The first-order valence-electron chi connectivity index (χ1n) is 11.3. The van der Waals surface area contributed by atoms with Gasteiger partial charge in [-0.15, -0.1) is 0 Å². The van der Waals surface area contributed by atoms with Crippen LogP contribution in [-0.2, 0) is 6.18 Å². The van der Waals surface area contributed by atoms with E-state index in [1.54, 1.807) is 12.4 Å². The van der Waals surface area contributed by atoms with Gasteiger partial charge in [0.2, 0.25) is 0 Å². The molecule has 3 heterocycles. The number of piperidine rings is 1. The zero-order chi connectivity index (χ0) is 23.9. The van der Waals surface area contributed by atoms with Gasteiger partial charge in [0.15, 0.2) is 0 Å². The lowest BCUT2D eigenvalue weighted by atomic mass is 9.87. The van der Waals surface area contributed by atoms with Gasteiger partial charge in [-0.3, -0.25) is 4.79 Å². The molecule has 2 aromatic heterocycles. The fourth-order valence-electron chi connectivity index (χ4n) is 4.71. The summed E-state index contributed by atoms with van der Waals surface area (Å²) in [6.45, 7) is 2.97. The lowest BCUT2D eigenvalue weighted by molar-refractivity contribution is -0.137. The maximum atomic E-state index is 13.8. The average Bonchev–Trinajstić information content (AvgIpc) is 3.33. The van der Waals surface area contributed by atoms with Gasteiger partial charge in [-0.1, -0.05) is 11.6 Å². The predicted octanol–water partition coefficient (Wildman–Crippen LogP) is 4.49. The highest BCUT2D eigenvalue weighted by molar-refractivity contribution is 5.98. The quantitative estimate of drug-likeness (QED) is 0.595. The average molecular weight is 470 g/mol. The molecule has 7 nitrogen and oxygen atoms in total. The summed E-state index contributed by atoms with van der Waals surface area (Å²) in [5, 5.41) is 11.5. The maximum Gasteiger partial charge on any atom is 0.417 e. The minimum atomic E-state index is -4.43. The number of amides is 1. The monoisotopic (exact) mass is 470 g/mol. The molecular formula is C24H25F3N6O. The Hall–Kier alpha value is -3.43. The Morgan fingerprint density at radius 2 is 1.91 bits per heavy atom. The topological polar surface area (TPSA) is 75.9 Å². The van der Waals surface area contributed by atoms with Crippen molar-refractivity contribution in [3.05, 3.63) is 65.6 Å². The Morgan fingerprint density at radius 3 is 2.56 bits per heavy atom. The van der Waals surface area contributed by atoms with Crippen LogP contribution < -0.4 is 5.32 Å². The first-order chi connectivity index (χ1) is 16.2. The molecule has 1 aliphatic heterocycles. The zero-order valence-corrected chi connectivity index (χ0v) is 18.7. The number of halogens is 3. The van der Waals surface area contributed by atoms with Gasteiger partial charge in [-0.05, 0) is 62.3 Å². The van der Waals surface area contributed by atoms with E-state index in [9.17, 15) is 18.0 Å². The molecule has 0 unspecified atom stereocenters. The number of aryl methyl sites for hydroxylation is 1. The number of likely N-dealkylation sites (tertiary alicyclic amines) is 1. The standard InChI is InChI=1S/C24H25F3N6O/c1-16-2-4-20(33-30-9-10-31-33)19(12-16)22(34)32-11-8-23(6-7-23)13-18(32)15-29-21-5-3-17(14-28-21)24(25,26)27/h2-5,9-10,12,14,18H,6-8,11,13,15H2,1H3,(H,28,29)/t18-/m0/s1. The van der Waals surface area contributed by atoms with Crippen molar-refractivity contribution in [3.63, 3.8) is 0 Å². The van der Waals surface area contributed by atoms with Gasteiger partial charge in [0.25, 0.3) is 5.91 Å². The third-order valence-electron chi connectivity index (χ3n) is 6.84. The number of benzene rings is 1. The third kappa shape index (κ3) is 4.49. The molecule has 2 fully saturated rings. The molecule has 0 bridgehead atoms. The van der Waals surface area contributed by atoms with Crippen molar-refractivity contribution in [1.82, 2.24) is 24.9 Å². The van der Waals surface area contributed by atoms with Gasteiger partial charge in [0, 0.05) is 25.3 Å². The van der Waals surface area contributed by atoms with Crippen LogP contribution in [0.25, 0.3) is 5.69 Å². The fourth-order valence-corrected chi connectivity index (χ4v) is 4.71. The van der Waals surface area contributed by atoms with Gasteiger partial charge >= 0.3 is 6.18 Å². The number of aromatic nitrogens is 4. The molecule has 34 heavy (non-hydrogen) atoms. The SMILES string of the molecule is Cc1ccc(-n2nccn2)c(C(=O)N2CCC3(CC3)C[C@H]2CNc2ccc(C(F)(F)F)cn2)c1. The summed E-state index contributed by atoms with van der Waals surface area (Å²) < 4.78 is 38.5. The van der Waals surface area contributed by atoms with Crippen LogP contribution in [0.5, 0.6) is 0 Å². The lowest BCUT2D eigenvalue weighted by Gasteiger charge is -2.40. The van der Waals surface area contributed by atoms with E-state index in [1.165, 1.54) is 10.9 Å². The molecule has 2 aliphatic rings. The Balaban J connectivity index is 1.37. The van der Waals surface area contributed by atoms with Crippen molar-refractivity contribution >= 4 is 11.7 Å². The molecule has 1 aromatic carbocycles. The molecule has 1 amide bonds. The van der Waals surface area contributed by atoms with Gasteiger partial charge < -0.3 is 10.2 Å². The summed E-state index contributed by atoms with van der Waals surface area (Å²) in [5.41, 5.74) is 1.58. The Bertz CT molecular complexity index is 1170. The first-order valence-corrected chi connectivity index (χ1v) is 11.3. The molecule has 0 radical (unpaired) electrons. The fraction of sp³-hybridized carbons (Fsp3) is 0.417. The zero-order valence-electron chi connectivity index (χ0n) is 18.7. The van der Waals surface area contributed by atoms with Crippen molar-refractivity contribution in [2.75, 3.05) is 18.4 Å². The largest absolute Gasteiger partial charge is 0.417 e. The predicted molar refractivity (Wildman–Crippen MR) is 120 cm³/mol. The Morgan fingerprint density at radius 1 is 1.15 bits per heavy atom. The van der Waals surface area contributed by atoms with E-state index in [0.29, 0.717) is 30.2 Å². The number of carbonyl (C=O) groups is 1. The van der Waals surface area contributed by atoms with E-state index in [1.807, 2.05) is 30.0 Å². The van der Waals surface area contributed by atoms with Crippen molar-refractivity contribution < 1.29 is 18.0 Å². The van der Waals surface area contributed by atoms with Gasteiger partial charge in [-0.25, -0.2) is 4.98 Å².